The average Bonchev–Trinajstić information content (AvgIpc) is 2.80. The minimum Gasteiger partial charge on any atom is -0.370 e. The van der Waals surface area contributed by atoms with E-state index in [9.17, 15) is 13.2 Å². The number of nitrogens with one attached hydrogen (secondary N) is 1. The molecule has 9 heteroatoms. The number of hydrogen-bond donors (Lipinski definition) is 1. The van der Waals surface area contributed by atoms with Crippen LogP contribution >= 0.6 is 0 Å². The van der Waals surface area contributed by atoms with Crippen LogP contribution in [0.5, 0.6) is 0 Å². The van der Waals surface area contributed by atoms with Gasteiger partial charge in [-0.25, -0.2) is 13.2 Å². The summed E-state index contributed by atoms with van der Waals surface area (Å²) in [4.78, 5) is 9.21. The van der Waals surface area contributed by atoms with Gasteiger partial charge < -0.3 is 15.1 Å². The third-order valence-electron chi connectivity index (χ3n) is 6.49. The van der Waals surface area contributed by atoms with E-state index in [-0.39, 0.29) is 5.56 Å². The van der Waals surface area contributed by atoms with Crippen LogP contribution in [-0.2, 0) is 0 Å². The van der Waals surface area contributed by atoms with Gasteiger partial charge in [0.15, 0.2) is 5.82 Å². The van der Waals surface area contributed by atoms with Crippen molar-refractivity contribution in [2.24, 2.45) is 5.92 Å². The molecule has 1 atom stereocenters. The molecule has 1 saturated heterocycles. The molecule has 3 aromatic rings. The summed E-state index contributed by atoms with van der Waals surface area (Å²) in [5, 5.41) is 12.4. The molecule has 6 nitrogen and oxygen atoms in total. The van der Waals surface area contributed by atoms with Crippen LogP contribution in [0.3, 0.4) is 0 Å². The zero-order valence-electron chi connectivity index (χ0n) is 20.0. The lowest BCUT2D eigenvalue weighted by Crippen LogP contribution is -2.37. The standard InChI is InChI=1S/C25H31F3N6/c1-15(19-6-5-7-20(22(19)26)24(27)28)30-25-21-12-18(13-29-23(21)16(2)31-32-25)34-10-8-17(9-11-34)14-33(3)4/h5-7,12-13,15,17,24H,8-11,14H2,1-4H3,(H,30,32). The van der Waals surface area contributed by atoms with Gasteiger partial charge in [0, 0.05) is 30.6 Å². The van der Waals surface area contributed by atoms with Crippen LogP contribution in [0.25, 0.3) is 10.9 Å². The molecule has 182 valence electrons. The lowest BCUT2D eigenvalue weighted by molar-refractivity contribution is 0.146. The Kier molecular flexibility index (Phi) is 7.21. The second-order valence-electron chi connectivity index (χ2n) is 9.33. The molecule has 4 rings (SSSR count). The Labute approximate surface area is 198 Å². The minimum atomic E-state index is -2.87. The highest BCUT2D eigenvalue weighted by Crippen LogP contribution is 2.32. The zero-order chi connectivity index (χ0) is 24.4. The maximum absolute atomic E-state index is 14.7. The van der Waals surface area contributed by atoms with Crippen molar-refractivity contribution in [2.75, 3.05) is 43.9 Å². The SMILES string of the molecule is Cc1nnc(NC(C)c2cccc(C(F)F)c2F)c2cc(N3CCC(CN(C)C)CC3)cnc12. The second-order valence-corrected chi connectivity index (χ2v) is 9.33. The highest BCUT2D eigenvalue weighted by atomic mass is 19.3. The van der Waals surface area contributed by atoms with Crippen molar-refractivity contribution < 1.29 is 13.2 Å². The Bertz CT molecular complexity index is 1140. The smallest absolute Gasteiger partial charge is 0.266 e. The predicted molar refractivity (Wildman–Crippen MR) is 129 cm³/mol. The van der Waals surface area contributed by atoms with Crippen LogP contribution in [-0.4, -0.2) is 53.8 Å². The van der Waals surface area contributed by atoms with Gasteiger partial charge >= 0.3 is 0 Å². The van der Waals surface area contributed by atoms with Crippen LogP contribution < -0.4 is 10.2 Å². The van der Waals surface area contributed by atoms with Gasteiger partial charge in [0.05, 0.1) is 34.7 Å². The van der Waals surface area contributed by atoms with Crippen molar-refractivity contribution >= 4 is 22.4 Å². The fourth-order valence-electron chi connectivity index (χ4n) is 4.67. The highest BCUT2D eigenvalue weighted by molar-refractivity contribution is 5.92. The molecule has 1 aliphatic heterocycles. The molecule has 3 heterocycles. The third-order valence-corrected chi connectivity index (χ3v) is 6.49. The van der Waals surface area contributed by atoms with Crippen LogP contribution in [0.1, 0.15) is 49.1 Å². The van der Waals surface area contributed by atoms with Gasteiger partial charge in [0.1, 0.15) is 5.82 Å². The quantitative estimate of drug-likeness (QED) is 0.500. The minimum absolute atomic E-state index is 0.153. The Balaban J connectivity index is 1.60. The summed E-state index contributed by atoms with van der Waals surface area (Å²) in [6, 6.07) is 5.50. The highest BCUT2D eigenvalue weighted by Gasteiger charge is 2.23. The average molecular weight is 473 g/mol. The van der Waals surface area contributed by atoms with Crippen LogP contribution in [0.2, 0.25) is 0 Å². The predicted octanol–water partition coefficient (Wildman–Crippen LogP) is 5.36. The maximum atomic E-state index is 14.7. The molecule has 0 saturated carbocycles. The summed E-state index contributed by atoms with van der Waals surface area (Å²) >= 11 is 0. The monoisotopic (exact) mass is 472 g/mol. The number of hydrogen-bond acceptors (Lipinski definition) is 6. The van der Waals surface area contributed by atoms with Crippen LogP contribution in [0.4, 0.5) is 24.7 Å². The van der Waals surface area contributed by atoms with E-state index in [0.29, 0.717) is 22.9 Å². The number of aromatic nitrogens is 3. The summed E-state index contributed by atoms with van der Waals surface area (Å²) in [6.45, 7) is 6.55. The lowest BCUT2D eigenvalue weighted by Gasteiger charge is -2.34. The molecule has 34 heavy (non-hydrogen) atoms. The van der Waals surface area contributed by atoms with E-state index < -0.39 is 23.8 Å². The number of fused-ring (bicyclic) bond motifs is 1. The van der Waals surface area contributed by atoms with E-state index in [1.807, 2.05) is 19.2 Å². The fourth-order valence-corrected chi connectivity index (χ4v) is 4.67. The number of benzene rings is 1. The molecule has 2 aromatic heterocycles. The summed E-state index contributed by atoms with van der Waals surface area (Å²) in [7, 11) is 4.21. The molecule has 0 radical (unpaired) electrons. The first-order valence-electron chi connectivity index (χ1n) is 11.6. The summed E-state index contributed by atoms with van der Waals surface area (Å²) in [5.74, 6) is 0.234. The van der Waals surface area contributed by atoms with Gasteiger partial charge in [-0.3, -0.25) is 4.98 Å². The van der Waals surface area contributed by atoms with Crippen molar-refractivity contribution in [3.05, 3.63) is 53.1 Å². The number of pyridine rings is 1. The lowest BCUT2D eigenvalue weighted by atomic mass is 9.96. The van der Waals surface area contributed by atoms with E-state index in [0.717, 1.165) is 49.6 Å². The van der Waals surface area contributed by atoms with E-state index in [2.05, 4.69) is 44.4 Å². The van der Waals surface area contributed by atoms with Gasteiger partial charge in [0.2, 0.25) is 0 Å². The Morgan fingerprint density at radius 2 is 1.85 bits per heavy atom. The number of nitrogens with zero attached hydrogens (tertiary/aromatic N) is 5. The summed E-state index contributed by atoms with van der Waals surface area (Å²) in [5.41, 5.74) is 1.95. The molecule has 1 unspecified atom stereocenters. The van der Waals surface area contributed by atoms with Crippen molar-refractivity contribution in [1.29, 1.82) is 0 Å². The van der Waals surface area contributed by atoms with Gasteiger partial charge in [0.25, 0.3) is 6.43 Å². The number of anilines is 2. The number of piperidine rings is 1. The first kappa shape index (κ1) is 24.2. The number of alkyl halides is 2. The first-order chi connectivity index (χ1) is 16.2. The zero-order valence-corrected chi connectivity index (χ0v) is 20.0. The van der Waals surface area contributed by atoms with E-state index >= 15 is 0 Å². The fraction of sp³-hybridized carbons (Fsp3) is 0.480. The van der Waals surface area contributed by atoms with Gasteiger partial charge in [-0.15, -0.1) is 5.10 Å². The molecule has 0 spiro atoms. The van der Waals surface area contributed by atoms with Gasteiger partial charge in [-0.1, -0.05) is 18.2 Å². The topological polar surface area (TPSA) is 57.2 Å². The largest absolute Gasteiger partial charge is 0.370 e. The van der Waals surface area contributed by atoms with Crippen molar-refractivity contribution in [3.8, 4) is 0 Å². The molecule has 1 aliphatic rings. The molecule has 0 aliphatic carbocycles. The number of rotatable bonds is 7. The Morgan fingerprint density at radius 3 is 2.53 bits per heavy atom. The first-order valence-corrected chi connectivity index (χ1v) is 11.6. The van der Waals surface area contributed by atoms with E-state index in [1.165, 1.54) is 12.1 Å². The Hall–Kier alpha value is -2.94. The molecule has 0 amide bonds. The van der Waals surface area contributed by atoms with Crippen molar-refractivity contribution in [3.63, 3.8) is 0 Å². The summed E-state index contributed by atoms with van der Waals surface area (Å²) in [6.07, 6.45) is 1.22. The van der Waals surface area contributed by atoms with Crippen molar-refractivity contribution in [1.82, 2.24) is 20.1 Å². The molecule has 1 fully saturated rings. The van der Waals surface area contributed by atoms with E-state index in [1.54, 1.807) is 6.92 Å². The van der Waals surface area contributed by atoms with Crippen LogP contribution in [0, 0.1) is 18.7 Å². The number of aryl methyl sites for hydroxylation is 1. The molecular weight excluding hydrogens is 441 g/mol. The molecule has 1 aromatic carbocycles. The molecular formula is C25H31F3N6. The maximum Gasteiger partial charge on any atom is 0.266 e. The second kappa shape index (κ2) is 10.1. The Morgan fingerprint density at radius 1 is 1.15 bits per heavy atom. The van der Waals surface area contributed by atoms with Crippen molar-refractivity contribution in [2.45, 2.75) is 39.2 Å². The van der Waals surface area contributed by atoms with Gasteiger partial charge in [-0.2, -0.15) is 5.10 Å². The normalized spacial score (nSPS) is 16.0. The molecule has 0 bridgehead atoms. The van der Waals surface area contributed by atoms with Gasteiger partial charge in [-0.05, 0) is 52.8 Å². The van der Waals surface area contributed by atoms with Crippen LogP contribution in [0.15, 0.2) is 30.5 Å². The third kappa shape index (κ3) is 5.09. The molecule has 1 N–H and O–H groups in total. The summed E-state index contributed by atoms with van der Waals surface area (Å²) < 4.78 is 41.0. The number of halogens is 3. The van der Waals surface area contributed by atoms with E-state index in [4.69, 9.17) is 0 Å².